The lowest BCUT2D eigenvalue weighted by Crippen LogP contribution is -2.61. The molecule has 0 heterocycles. The second-order valence-corrected chi connectivity index (χ2v) is 7.13. The van der Waals surface area contributed by atoms with Gasteiger partial charge in [-0.25, -0.2) is 4.79 Å². The van der Waals surface area contributed by atoms with Crippen molar-refractivity contribution >= 4 is 11.9 Å². The van der Waals surface area contributed by atoms with Crippen LogP contribution in [0.25, 0.3) is 0 Å². The van der Waals surface area contributed by atoms with Crippen molar-refractivity contribution in [2.75, 3.05) is 6.54 Å². The minimum absolute atomic E-state index is 0.0332. The van der Waals surface area contributed by atoms with E-state index < -0.39 is 5.54 Å². The molecule has 144 valence electrons. The lowest BCUT2D eigenvalue weighted by atomic mass is 9.95. The van der Waals surface area contributed by atoms with Crippen molar-refractivity contribution in [1.29, 1.82) is 0 Å². The van der Waals surface area contributed by atoms with Gasteiger partial charge in [-0.1, -0.05) is 62.9 Å². The van der Waals surface area contributed by atoms with Gasteiger partial charge in [0, 0.05) is 19.1 Å². The van der Waals surface area contributed by atoms with Crippen molar-refractivity contribution in [2.24, 2.45) is 5.73 Å². The average Bonchev–Trinajstić information content (AvgIpc) is 3.14. The summed E-state index contributed by atoms with van der Waals surface area (Å²) >= 11 is 0. The third-order valence-corrected chi connectivity index (χ3v) is 5.07. The van der Waals surface area contributed by atoms with E-state index in [1.807, 2.05) is 30.3 Å². The normalized spacial score (nSPS) is 16.7. The molecule has 0 bridgehead atoms. The number of nitrogens with one attached hydrogen (secondary N) is 3. The van der Waals surface area contributed by atoms with Crippen molar-refractivity contribution in [3.63, 3.8) is 0 Å². The van der Waals surface area contributed by atoms with Gasteiger partial charge in [0.1, 0.15) is 5.54 Å². The zero-order valence-electron chi connectivity index (χ0n) is 15.7. The summed E-state index contributed by atoms with van der Waals surface area (Å²) in [5.41, 5.74) is 6.01. The minimum Gasteiger partial charge on any atom is -0.350 e. The van der Waals surface area contributed by atoms with Crippen molar-refractivity contribution in [1.82, 2.24) is 16.0 Å². The van der Waals surface area contributed by atoms with Gasteiger partial charge >= 0.3 is 6.03 Å². The minimum atomic E-state index is -0.819. The maximum Gasteiger partial charge on any atom is 0.315 e. The number of amides is 3. The van der Waals surface area contributed by atoms with E-state index in [1.54, 1.807) is 0 Å². The Balaban J connectivity index is 1.92. The summed E-state index contributed by atoms with van der Waals surface area (Å²) in [6.45, 7) is 2.97. The molecule has 26 heavy (non-hydrogen) atoms. The van der Waals surface area contributed by atoms with Crippen LogP contribution in [-0.4, -0.2) is 30.1 Å². The van der Waals surface area contributed by atoms with Crippen molar-refractivity contribution < 1.29 is 9.59 Å². The third-order valence-electron chi connectivity index (χ3n) is 5.07. The van der Waals surface area contributed by atoms with Crippen LogP contribution in [0.1, 0.15) is 57.4 Å². The molecule has 0 spiro atoms. The Labute approximate surface area is 156 Å². The molecule has 0 aromatic heterocycles. The second-order valence-electron chi connectivity index (χ2n) is 7.13. The van der Waals surface area contributed by atoms with E-state index in [9.17, 15) is 9.59 Å². The molecule has 1 aliphatic carbocycles. The fourth-order valence-corrected chi connectivity index (χ4v) is 3.45. The molecule has 0 radical (unpaired) electrons. The maximum atomic E-state index is 12.9. The summed E-state index contributed by atoms with van der Waals surface area (Å²) in [5, 5.41) is 8.85. The molecular formula is C20H32N4O2. The smallest absolute Gasteiger partial charge is 0.315 e. The fourth-order valence-electron chi connectivity index (χ4n) is 3.45. The quantitative estimate of drug-likeness (QED) is 0.544. The first-order chi connectivity index (χ1) is 12.6. The van der Waals surface area contributed by atoms with Gasteiger partial charge in [0.15, 0.2) is 0 Å². The highest BCUT2D eigenvalue weighted by Crippen LogP contribution is 2.30. The molecular weight excluding hydrogens is 328 g/mol. The van der Waals surface area contributed by atoms with E-state index in [4.69, 9.17) is 5.73 Å². The van der Waals surface area contributed by atoms with Crippen LogP contribution in [-0.2, 0) is 11.3 Å². The number of nitrogens with two attached hydrogens (primary N) is 1. The number of carbonyl (C=O) groups is 2. The highest BCUT2D eigenvalue weighted by atomic mass is 16.2. The van der Waals surface area contributed by atoms with Crippen LogP contribution >= 0.6 is 0 Å². The number of hydrogen-bond donors (Lipinski definition) is 4. The molecule has 0 aliphatic heterocycles. The zero-order valence-corrected chi connectivity index (χ0v) is 15.7. The predicted octanol–water partition coefficient (Wildman–Crippen LogP) is 2.43. The summed E-state index contributed by atoms with van der Waals surface area (Å²) in [5.74, 6) is -0.101. The van der Waals surface area contributed by atoms with Gasteiger partial charge in [0.2, 0.25) is 5.91 Å². The number of urea groups is 1. The molecule has 1 aliphatic rings. The number of benzene rings is 1. The third kappa shape index (κ3) is 5.73. The first-order valence-electron chi connectivity index (χ1n) is 9.70. The number of hydrogen-bond acceptors (Lipinski definition) is 3. The Kier molecular flexibility index (Phi) is 7.91. The molecule has 1 aromatic carbocycles. The Hall–Kier alpha value is -2.08. The molecule has 1 atom stereocenters. The van der Waals surface area contributed by atoms with Crippen LogP contribution in [0.15, 0.2) is 30.3 Å². The van der Waals surface area contributed by atoms with Crippen LogP contribution in [0.2, 0.25) is 0 Å². The van der Waals surface area contributed by atoms with Crippen LogP contribution in [0, 0.1) is 0 Å². The van der Waals surface area contributed by atoms with Gasteiger partial charge in [-0.15, -0.1) is 0 Å². The van der Waals surface area contributed by atoms with Crippen molar-refractivity contribution in [3.05, 3.63) is 35.9 Å². The molecule has 1 fully saturated rings. The van der Waals surface area contributed by atoms with Gasteiger partial charge in [0.25, 0.3) is 0 Å². The number of carbonyl (C=O) groups excluding carboxylic acids is 2. The van der Waals surface area contributed by atoms with E-state index in [0.717, 1.165) is 37.7 Å². The van der Waals surface area contributed by atoms with E-state index >= 15 is 0 Å². The SMILES string of the molecule is CCCCC(CN)NC(=O)C1(NC(=O)NCc2ccccc2)CCCC1. The summed E-state index contributed by atoms with van der Waals surface area (Å²) in [6, 6.07) is 9.38. The number of rotatable bonds is 9. The molecule has 1 aromatic rings. The van der Waals surface area contributed by atoms with Crippen LogP contribution in [0.5, 0.6) is 0 Å². The predicted molar refractivity (Wildman–Crippen MR) is 104 cm³/mol. The summed E-state index contributed by atoms with van der Waals surface area (Å²) < 4.78 is 0. The summed E-state index contributed by atoms with van der Waals surface area (Å²) in [4.78, 5) is 25.3. The van der Waals surface area contributed by atoms with Gasteiger partial charge in [0.05, 0.1) is 0 Å². The molecule has 6 heteroatoms. The van der Waals surface area contributed by atoms with Crippen molar-refractivity contribution in [3.8, 4) is 0 Å². The molecule has 1 unspecified atom stereocenters. The van der Waals surface area contributed by atoms with E-state index in [0.29, 0.717) is 25.9 Å². The highest BCUT2D eigenvalue weighted by molar-refractivity contribution is 5.91. The van der Waals surface area contributed by atoms with Crippen LogP contribution in [0.3, 0.4) is 0 Å². The fraction of sp³-hybridized carbons (Fsp3) is 0.600. The first-order valence-corrected chi connectivity index (χ1v) is 9.70. The van der Waals surface area contributed by atoms with Gasteiger partial charge < -0.3 is 21.7 Å². The first kappa shape index (κ1) is 20.2. The lowest BCUT2D eigenvalue weighted by Gasteiger charge is -2.31. The highest BCUT2D eigenvalue weighted by Gasteiger charge is 2.42. The van der Waals surface area contributed by atoms with Gasteiger partial charge in [-0.2, -0.15) is 0 Å². The maximum absolute atomic E-state index is 12.9. The van der Waals surface area contributed by atoms with Gasteiger partial charge in [-0.3, -0.25) is 4.79 Å². The number of unbranched alkanes of at least 4 members (excludes halogenated alkanes) is 1. The monoisotopic (exact) mass is 360 g/mol. The molecule has 2 rings (SSSR count). The van der Waals surface area contributed by atoms with E-state index in [1.165, 1.54) is 0 Å². The molecule has 5 N–H and O–H groups in total. The molecule has 3 amide bonds. The summed E-state index contributed by atoms with van der Waals surface area (Å²) in [6.07, 6.45) is 6.18. The standard InChI is InChI=1S/C20H32N4O2/c1-2-3-11-17(14-21)23-18(25)20(12-7-8-13-20)24-19(26)22-15-16-9-5-4-6-10-16/h4-6,9-10,17H,2-3,7-8,11-15,21H2,1H3,(H,23,25)(H2,22,24,26). The Bertz CT molecular complexity index is 570. The molecule has 6 nitrogen and oxygen atoms in total. The van der Waals surface area contributed by atoms with E-state index in [2.05, 4.69) is 22.9 Å². The van der Waals surface area contributed by atoms with Crippen LogP contribution in [0.4, 0.5) is 4.79 Å². The Morgan fingerprint density at radius 3 is 2.50 bits per heavy atom. The van der Waals surface area contributed by atoms with Crippen LogP contribution < -0.4 is 21.7 Å². The lowest BCUT2D eigenvalue weighted by molar-refractivity contribution is -0.127. The Morgan fingerprint density at radius 2 is 1.88 bits per heavy atom. The zero-order chi connectivity index (χ0) is 18.8. The topological polar surface area (TPSA) is 96.2 Å². The summed E-state index contributed by atoms with van der Waals surface area (Å²) in [7, 11) is 0. The Morgan fingerprint density at radius 1 is 1.19 bits per heavy atom. The molecule has 1 saturated carbocycles. The molecule has 0 saturated heterocycles. The second kappa shape index (κ2) is 10.2. The largest absolute Gasteiger partial charge is 0.350 e. The van der Waals surface area contributed by atoms with Gasteiger partial charge in [-0.05, 0) is 24.8 Å². The van der Waals surface area contributed by atoms with Crippen molar-refractivity contribution in [2.45, 2.75) is 70.0 Å². The average molecular weight is 361 g/mol. The van der Waals surface area contributed by atoms with E-state index in [-0.39, 0.29) is 18.0 Å².